The summed E-state index contributed by atoms with van der Waals surface area (Å²) >= 11 is 6.04. The molecule has 0 bridgehead atoms. The first-order valence-corrected chi connectivity index (χ1v) is 16.2. The maximum atomic E-state index is 14.5. The number of anilines is 1. The highest BCUT2D eigenvalue weighted by atomic mass is 35.5. The first-order chi connectivity index (χ1) is 20.8. The molecule has 1 N–H and O–H groups in total. The number of carbonyl (C=O) groups is 2. The van der Waals surface area contributed by atoms with Crippen molar-refractivity contribution in [3.8, 4) is 0 Å². The lowest BCUT2D eigenvalue weighted by molar-refractivity contribution is -0.140. The van der Waals surface area contributed by atoms with Crippen molar-refractivity contribution in [2.75, 3.05) is 10.8 Å². The predicted octanol–water partition coefficient (Wildman–Crippen LogP) is 6.40. The molecule has 0 aliphatic heterocycles. The van der Waals surface area contributed by atoms with Crippen LogP contribution >= 0.6 is 11.6 Å². The van der Waals surface area contributed by atoms with Gasteiger partial charge in [0.25, 0.3) is 10.0 Å². The Balaban J connectivity index is 1.80. The van der Waals surface area contributed by atoms with Crippen LogP contribution in [0, 0.1) is 6.92 Å². The Hall–Kier alpha value is -4.14. The average Bonchev–Trinajstić information content (AvgIpc) is 2.98. The van der Waals surface area contributed by atoms with Crippen molar-refractivity contribution in [3.05, 3.63) is 131 Å². The van der Waals surface area contributed by atoms with Gasteiger partial charge < -0.3 is 10.2 Å². The molecule has 1 atom stereocenters. The van der Waals surface area contributed by atoms with E-state index in [1.54, 1.807) is 30.3 Å². The van der Waals surface area contributed by atoms with Gasteiger partial charge in [0, 0.05) is 23.5 Å². The van der Waals surface area contributed by atoms with Crippen molar-refractivity contribution in [1.29, 1.82) is 0 Å². The first-order valence-electron chi connectivity index (χ1n) is 14.4. The normalized spacial score (nSPS) is 12.3. The lowest BCUT2D eigenvalue weighted by Gasteiger charge is -2.35. The lowest BCUT2D eigenvalue weighted by atomic mass is 10.0. The van der Waals surface area contributed by atoms with E-state index in [4.69, 9.17) is 11.6 Å². The van der Waals surface area contributed by atoms with Crippen molar-refractivity contribution in [2.45, 2.75) is 57.1 Å². The number of rotatable bonds is 11. The van der Waals surface area contributed by atoms with Gasteiger partial charge in [0.05, 0.1) is 10.6 Å². The van der Waals surface area contributed by atoms with E-state index in [9.17, 15) is 18.0 Å². The zero-order valence-corrected chi connectivity index (χ0v) is 27.0. The fourth-order valence-electron chi connectivity index (χ4n) is 4.87. The summed E-state index contributed by atoms with van der Waals surface area (Å²) in [5, 5.41) is 3.43. The Bertz CT molecular complexity index is 1670. The van der Waals surface area contributed by atoms with Crippen molar-refractivity contribution < 1.29 is 18.0 Å². The maximum Gasteiger partial charge on any atom is 0.264 e. The summed E-state index contributed by atoms with van der Waals surface area (Å²) in [6.45, 7) is 7.19. The Labute approximate surface area is 265 Å². The summed E-state index contributed by atoms with van der Waals surface area (Å²) in [5.74, 6) is -0.841. The third-order valence-corrected chi connectivity index (χ3v) is 8.97. The second kappa shape index (κ2) is 14.1. The van der Waals surface area contributed by atoms with Crippen LogP contribution in [0.1, 0.15) is 37.5 Å². The summed E-state index contributed by atoms with van der Waals surface area (Å²) in [5.41, 5.74) is 2.47. The molecule has 0 saturated carbocycles. The Morgan fingerprint density at radius 2 is 1.41 bits per heavy atom. The number of nitrogens with one attached hydrogen (secondary N) is 1. The smallest absolute Gasteiger partial charge is 0.264 e. The molecule has 0 radical (unpaired) electrons. The van der Waals surface area contributed by atoms with Crippen LogP contribution in [0.3, 0.4) is 0 Å². The molecule has 4 aromatic carbocycles. The van der Waals surface area contributed by atoms with E-state index in [0.29, 0.717) is 10.7 Å². The van der Waals surface area contributed by atoms with Crippen LogP contribution in [0.4, 0.5) is 5.69 Å². The van der Waals surface area contributed by atoms with Gasteiger partial charge in [-0.15, -0.1) is 0 Å². The lowest BCUT2D eigenvalue weighted by Crippen LogP contribution is -2.56. The molecule has 4 aromatic rings. The number of para-hydroxylation sites is 1. The number of sulfonamides is 1. The monoisotopic (exact) mass is 631 g/mol. The highest BCUT2D eigenvalue weighted by molar-refractivity contribution is 7.92. The van der Waals surface area contributed by atoms with Crippen LogP contribution in [0.25, 0.3) is 0 Å². The van der Waals surface area contributed by atoms with E-state index in [1.165, 1.54) is 29.2 Å². The highest BCUT2D eigenvalue weighted by Crippen LogP contribution is 2.26. The predicted molar refractivity (Wildman–Crippen MR) is 176 cm³/mol. The molecule has 0 unspecified atom stereocenters. The molecule has 0 heterocycles. The van der Waals surface area contributed by atoms with Crippen LogP contribution in [0.5, 0.6) is 0 Å². The number of carbonyl (C=O) groups excluding carboxylic acids is 2. The zero-order chi connectivity index (χ0) is 31.9. The van der Waals surface area contributed by atoms with Crippen LogP contribution in [-0.2, 0) is 32.6 Å². The van der Waals surface area contributed by atoms with E-state index in [-0.39, 0.29) is 23.8 Å². The number of nitrogens with zero attached hydrogens (tertiary/aromatic N) is 2. The molecule has 44 heavy (non-hydrogen) atoms. The van der Waals surface area contributed by atoms with Gasteiger partial charge in [0.1, 0.15) is 12.6 Å². The van der Waals surface area contributed by atoms with E-state index >= 15 is 0 Å². The summed E-state index contributed by atoms with van der Waals surface area (Å²) < 4.78 is 29.1. The molecule has 7 nitrogen and oxygen atoms in total. The zero-order valence-electron chi connectivity index (χ0n) is 25.4. The minimum Gasteiger partial charge on any atom is -0.350 e. The van der Waals surface area contributed by atoms with Gasteiger partial charge in [-0.25, -0.2) is 8.42 Å². The molecule has 4 rings (SSSR count). The third-order valence-electron chi connectivity index (χ3n) is 6.93. The Morgan fingerprint density at radius 1 is 0.818 bits per heavy atom. The number of hydrogen-bond acceptors (Lipinski definition) is 4. The molecular weight excluding hydrogens is 594 g/mol. The fraction of sp³-hybridized carbons (Fsp3) is 0.257. The number of benzene rings is 4. The Morgan fingerprint density at radius 3 is 2.00 bits per heavy atom. The summed E-state index contributed by atoms with van der Waals surface area (Å²) in [7, 11) is -4.19. The minimum absolute atomic E-state index is 0.00454. The van der Waals surface area contributed by atoms with E-state index < -0.39 is 34.1 Å². The molecule has 2 amide bonds. The SMILES string of the molecule is Cc1cccc(CN(C(=O)CN(c2ccccc2)S(=O)(=O)c2ccc(Cl)cc2)[C@@H](Cc2ccccc2)C(=O)NC(C)(C)C)c1. The third kappa shape index (κ3) is 8.71. The van der Waals surface area contributed by atoms with Gasteiger partial charge in [0.15, 0.2) is 0 Å². The molecule has 0 aromatic heterocycles. The van der Waals surface area contributed by atoms with Gasteiger partial charge in [-0.3, -0.25) is 13.9 Å². The number of hydrogen-bond donors (Lipinski definition) is 1. The maximum absolute atomic E-state index is 14.5. The molecule has 0 aliphatic carbocycles. The standard InChI is InChI=1S/C35H38ClN3O4S/c1-26-12-11-15-28(22-26)24-38(32(34(41)37-35(2,3)4)23-27-13-7-5-8-14-27)33(40)25-39(30-16-9-6-10-17-30)44(42,43)31-20-18-29(36)19-21-31/h5-22,32H,23-25H2,1-4H3,(H,37,41)/t32-/m0/s1. The van der Waals surface area contributed by atoms with Gasteiger partial charge >= 0.3 is 0 Å². The first kappa shape index (κ1) is 32.8. The Kier molecular flexibility index (Phi) is 10.5. The molecule has 0 fully saturated rings. The number of amides is 2. The highest BCUT2D eigenvalue weighted by Gasteiger charge is 2.35. The van der Waals surface area contributed by atoms with E-state index in [2.05, 4.69) is 5.32 Å². The van der Waals surface area contributed by atoms with Crippen molar-refractivity contribution in [1.82, 2.24) is 10.2 Å². The second-order valence-electron chi connectivity index (χ2n) is 11.8. The van der Waals surface area contributed by atoms with Crippen LogP contribution in [0.15, 0.2) is 114 Å². The van der Waals surface area contributed by atoms with Crippen molar-refractivity contribution in [3.63, 3.8) is 0 Å². The van der Waals surface area contributed by atoms with E-state index in [0.717, 1.165) is 21.0 Å². The minimum atomic E-state index is -4.19. The van der Waals surface area contributed by atoms with Crippen LogP contribution in [-0.4, -0.2) is 43.3 Å². The quantitative estimate of drug-likeness (QED) is 0.208. The van der Waals surface area contributed by atoms with Crippen LogP contribution in [0.2, 0.25) is 5.02 Å². The average molecular weight is 632 g/mol. The molecule has 230 valence electrons. The summed E-state index contributed by atoms with van der Waals surface area (Å²) in [4.78, 5) is 29.9. The number of halogens is 1. The second-order valence-corrected chi connectivity index (χ2v) is 14.1. The van der Waals surface area contributed by atoms with Gasteiger partial charge in [-0.1, -0.05) is 90.0 Å². The molecule has 0 spiro atoms. The molecular formula is C35H38ClN3O4S. The topological polar surface area (TPSA) is 86.8 Å². The van der Waals surface area contributed by atoms with E-state index in [1.807, 2.05) is 82.3 Å². The van der Waals surface area contributed by atoms with Gasteiger partial charge in [-0.2, -0.15) is 0 Å². The molecule has 0 saturated heterocycles. The number of aryl methyl sites for hydroxylation is 1. The van der Waals surface area contributed by atoms with Crippen LogP contribution < -0.4 is 9.62 Å². The van der Waals surface area contributed by atoms with Gasteiger partial charge in [-0.05, 0) is 75.2 Å². The largest absolute Gasteiger partial charge is 0.350 e. The van der Waals surface area contributed by atoms with Crippen molar-refractivity contribution in [2.24, 2.45) is 0 Å². The summed E-state index contributed by atoms with van der Waals surface area (Å²) in [6.07, 6.45) is 0.246. The molecule has 9 heteroatoms. The summed E-state index contributed by atoms with van der Waals surface area (Å²) in [6, 6.07) is 30.6. The van der Waals surface area contributed by atoms with Crippen molar-refractivity contribution >= 4 is 39.1 Å². The van der Waals surface area contributed by atoms with Gasteiger partial charge in [0.2, 0.25) is 11.8 Å². The molecule has 0 aliphatic rings. The fourth-order valence-corrected chi connectivity index (χ4v) is 6.41.